The fourth-order valence-electron chi connectivity index (χ4n) is 1.91. The summed E-state index contributed by atoms with van der Waals surface area (Å²) >= 11 is 0. The van der Waals surface area contributed by atoms with Crippen molar-refractivity contribution in [2.75, 3.05) is 7.05 Å². The Kier molecular flexibility index (Phi) is 5.22. The first-order valence-electron chi connectivity index (χ1n) is 6.85. The lowest BCUT2D eigenvalue weighted by atomic mass is 10.1. The highest BCUT2D eigenvalue weighted by Crippen LogP contribution is 2.31. The third-order valence-corrected chi connectivity index (χ3v) is 3.02. The van der Waals surface area contributed by atoms with Gasteiger partial charge >= 0.3 is 12.3 Å². The molecule has 0 bridgehead atoms. The predicted molar refractivity (Wildman–Crippen MR) is 75.4 cm³/mol. The van der Waals surface area contributed by atoms with Gasteiger partial charge < -0.3 is 9.57 Å². The van der Waals surface area contributed by atoms with E-state index in [0.29, 0.717) is 17.6 Å². The van der Waals surface area contributed by atoms with Crippen LogP contribution in [0.2, 0.25) is 0 Å². The second-order valence-corrected chi connectivity index (χ2v) is 4.75. The van der Waals surface area contributed by atoms with Crippen LogP contribution < -0.4 is 0 Å². The first-order chi connectivity index (χ1) is 11.3. The van der Waals surface area contributed by atoms with E-state index in [9.17, 15) is 22.8 Å². The van der Waals surface area contributed by atoms with E-state index in [1.807, 2.05) is 0 Å². The molecule has 1 aliphatic carbocycles. The number of carbonyl (C=O) groups is 2. The standard InChI is InChI=1S/C15H13F3N2O4/c1-20(24-14(22)23-10-5-3-2-4-6-10)13(21)11-9-19-8-7-12(11)15(16,17)18/h3,5-9H,2,4H2,1H3. The molecule has 128 valence electrons. The number of pyridine rings is 1. The van der Waals surface area contributed by atoms with E-state index in [1.165, 1.54) is 0 Å². The summed E-state index contributed by atoms with van der Waals surface area (Å²) in [4.78, 5) is 31.7. The summed E-state index contributed by atoms with van der Waals surface area (Å²) in [5.74, 6) is -0.940. The molecular weight excluding hydrogens is 329 g/mol. The van der Waals surface area contributed by atoms with Gasteiger partial charge in [0.05, 0.1) is 11.1 Å². The fourth-order valence-corrected chi connectivity index (χ4v) is 1.91. The molecule has 0 saturated carbocycles. The van der Waals surface area contributed by atoms with Crippen molar-refractivity contribution >= 4 is 12.1 Å². The summed E-state index contributed by atoms with van der Waals surface area (Å²) in [6.45, 7) is 0. The first-order valence-corrected chi connectivity index (χ1v) is 6.85. The molecule has 2 rings (SSSR count). The van der Waals surface area contributed by atoms with Crippen LogP contribution in [0.1, 0.15) is 28.8 Å². The zero-order chi connectivity index (χ0) is 17.7. The van der Waals surface area contributed by atoms with Gasteiger partial charge in [0, 0.05) is 19.4 Å². The molecule has 0 radical (unpaired) electrons. The maximum atomic E-state index is 12.9. The Morgan fingerprint density at radius 1 is 1.29 bits per heavy atom. The van der Waals surface area contributed by atoms with E-state index in [4.69, 9.17) is 4.74 Å². The van der Waals surface area contributed by atoms with Crippen LogP contribution in [-0.4, -0.2) is 29.2 Å². The van der Waals surface area contributed by atoms with Crippen LogP contribution in [0.4, 0.5) is 18.0 Å². The van der Waals surface area contributed by atoms with E-state index in [0.717, 1.165) is 25.9 Å². The Balaban J connectivity index is 2.06. The number of hydroxylamine groups is 2. The third-order valence-electron chi connectivity index (χ3n) is 3.02. The summed E-state index contributed by atoms with van der Waals surface area (Å²) in [6, 6.07) is 0.664. The van der Waals surface area contributed by atoms with Crippen molar-refractivity contribution in [2.24, 2.45) is 0 Å². The normalized spacial score (nSPS) is 13.9. The molecule has 1 amide bonds. The molecule has 1 aromatic heterocycles. The molecular formula is C15H13F3N2O4. The van der Waals surface area contributed by atoms with Gasteiger partial charge in [-0.25, -0.2) is 4.79 Å². The molecule has 0 atom stereocenters. The Labute approximate surface area is 135 Å². The lowest BCUT2D eigenvalue weighted by molar-refractivity contribution is -0.138. The topological polar surface area (TPSA) is 68.7 Å². The average Bonchev–Trinajstić information content (AvgIpc) is 2.54. The number of halogens is 3. The summed E-state index contributed by atoms with van der Waals surface area (Å²) in [5, 5.41) is 0.363. The minimum Gasteiger partial charge on any atom is -0.394 e. The van der Waals surface area contributed by atoms with Gasteiger partial charge in [0.2, 0.25) is 0 Å². The Morgan fingerprint density at radius 3 is 2.67 bits per heavy atom. The highest BCUT2D eigenvalue weighted by atomic mass is 19.4. The van der Waals surface area contributed by atoms with E-state index < -0.39 is 29.4 Å². The van der Waals surface area contributed by atoms with Gasteiger partial charge in [-0.15, -0.1) is 0 Å². The molecule has 1 aromatic rings. The quantitative estimate of drug-likeness (QED) is 0.608. The minimum atomic E-state index is -4.74. The van der Waals surface area contributed by atoms with Crippen molar-refractivity contribution in [3.63, 3.8) is 0 Å². The largest absolute Gasteiger partial charge is 0.539 e. The van der Waals surface area contributed by atoms with E-state index in [-0.39, 0.29) is 5.76 Å². The number of ether oxygens (including phenoxy) is 1. The number of amides is 1. The van der Waals surface area contributed by atoms with Gasteiger partial charge in [-0.1, -0.05) is 6.08 Å². The summed E-state index contributed by atoms with van der Waals surface area (Å²) in [7, 11) is 1.00. The summed E-state index contributed by atoms with van der Waals surface area (Å²) in [5.41, 5.74) is -1.92. The molecule has 0 fully saturated rings. The van der Waals surface area contributed by atoms with Crippen molar-refractivity contribution in [1.82, 2.24) is 10.0 Å². The fraction of sp³-hybridized carbons (Fsp3) is 0.267. The van der Waals surface area contributed by atoms with Gasteiger partial charge in [-0.3, -0.25) is 9.78 Å². The average molecular weight is 342 g/mol. The Bertz CT molecular complexity index is 698. The number of aromatic nitrogens is 1. The van der Waals surface area contributed by atoms with Crippen molar-refractivity contribution in [3.05, 3.63) is 53.6 Å². The molecule has 0 N–H and O–H groups in total. The number of hydrogen-bond acceptors (Lipinski definition) is 5. The minimum absolute atomic E-state index is 0.240. The number of nitrogens with zero attached hydrogens (tertiary/aromatic N) is 2. The van der Waals surface area contributed by atoms with Crippen molar-refractivity contribution in [3.8, 4) is 0 Å². The molecule has 0 unspecified atom stereocenters. The van der Waals surface area contributed by atoms with E-state index >= 15 is 0 Å². The molecule has 1 heterocycles. The summed E-state index contributed by atoms with van der Waals surface area (Å²) < 4.78 is 43.5. The maximum absolute atomic E-state index is 12.9. The second kappa shape index (κ2) is 7.16. The van der Waals surface area contributed by atoms with Crippen LogP contribution in [0.3, 0.4) is 0 Å². The van der Waals surface area contributed by atoms with Crippen molar-refractivity contribution < 1.29 is 32.3 Å². The molecule has 24 heavy (non-hydrogen) atoms. The van der Waals surface area contributed by atoms with Crippen LogP contribution in [0.25, 0.3) is 0 Å². The van der Waals surface area contributed by atoms with Crippen LogP contribution >= 0.6 is 0 Å². The van der Waals surface area contributed by atoms with Gasteiger partial charge in [-0.2, -0.15) is 18.2 Å². The lowest BCUT2D eigenvalue weighted by Crippen LogP contribution is -2.31. The molecule has 0 saturated heterocycles. The van der Waals surface area contributed by atoms with Gasteiger partial charge in [0.15, 0.2) is 0 Å². The smallest absolute Gasteiger partial charge is 0.394 e. The molecule has 0 aromatic carbocycles. The summed E-state index contributed by atoms with van der Waals surface area (Å²) in [6.07, 6.45) is 2.15. The number of allylic oxidation sites excluding steroid dienone is 3. The van der Waals surface area contributed by atoms with Crippen LogP contribution in [0.5, 0.6) is 0 Å². The highest BCUT2D eigenvalue weighted by Gasteiger charge is 2.36. The number of hydrogen-bond donors (Lipinski definition) is 0. The number of alkyl halides is 3. The number of rotatable bonds is 2. The van der Waals surface area contributed by atoms with E-state index in [1.54, 1.807) is 18.2 Å². The predicted octanol–water partition coefficient (Wildman–Crippen LogP) is 3.47. The first kappa shape index (κ1) is 17.5. The molecule has 9 heteroatoms. The molecule has 0 aliphatic heterocycles. The molecule has 1 aliphatic rings. The van der Waals surface area contributed by atoms with Crippen molar-refractivity contribution in [2.45, 2.75) is 19.0 Å². The van der Waals surface area contributed by atoms with Gasteiger partial charge in [0.1, 0.15) is 5.76 Å². The van der Waals surface area contributed by atoms with Gasteiger partial charge in [-0.05, 0) is 31.1 Å². The van der Waals surface area contributed by atoms with Crippen molar-refractivity contribution in [1.29, 1.82) is 0 Å². The third kappa shape index (κ3) is 4.34. The zero-order valence-electron chi connectivity index (χ0n) is 12.5. The number of carbonyl (C=O) groups excluding carboxylic acids is 2. The van der Waals surface area contributed by atoms with Crippen LogP contribution in [0.15, 0.2) is 42.4 Å². The maximum Gasteiger partial charge on any atom is 0.539 e. The zero-order valence-corrected chi connectivity index (χ0v) is 12.5. The SMILES string of the molecule is CN(OC(=O)OC1=CCCC=C1)C(=O)c1cnccc1C(F)(F)F. The molecule has 6 nitrogen and oxygen atoms in total. The Morgan fingerprint density at radius 2 is 2.04 bits per heavy atom. The van der Waals surface area contributed by atoms with E-state index in [2.05, 4.69) is 9.82 Å². The monoisotopic (exact) mass is 342 g/mol. The molecule has 0 spiro atoms. The Hall–Kier alpha value is -2.84. The van der Waals surface area contributed by atoms with Gasteiger partial charge in [0.25, 0.3) is 5.91 Å². The van der Waals surface area contributed by atoms with Crippen LogP contribution in [0, 0.1) is 0 Å². The highest BCUT2D eigenvalue weighted by molar-refractivity contribution is 5.95. The second-order valence-electron chi connectivity index (χ2n) is 4.75. The lowest BCUT2D eigenvalue weighted by Gasteiger charge is -2.18. The van der Waals surface area contributed by atoms with Crippen LogP contribution in [-0.2, 0) is 15.8 Å².